The minimum absolute atomic E-state index is 0.218. The lowest BCUT2D eigenvalue weighted by atomic mass is 10.1. The summed E-state index contributed by atoms with van der Waals surface area (Å²) >= 11 is 4.96. The molecule has 0 aliphatic carbocycles. The molecular weight excluding hydrogens is 342 g/mol. The third-order valence-electron chi connectivity index (χ3n) is 2.57. The molecule has 0 amide bonds. The molecule has 0 N–H and O–H groups in total. The number of hydrogen-bond acceptors (Lipinski definition) is 5. The maximum absolute atomic E-state index is 12.0. The molecular formula is C14H16BrNO3S. The van der Waals surface area contributed by atoms with Crippen molar-refractivity contribution in [2.45, 2.75) is 27.2 Å². The van der Waals surface area contributed by atoms with E-state index < -0.39 is 5.97 Å². The number of thiophene rings is 1. The summed E-state index contributed by atoms with van der Waals surface area (Å²) in [5.74, 6) is 0.615. The fourth-order valence-electron chi connectivity index (χ4n) is 1.78. The molecule has 108 valence electrons. The highest BCUT2D eigenvalue weighted by atomic mass is 79.9. The Kier molecular flexibility index (Phi) is 4.99. The number of carbonyl (C=O) groups excluding carboxylic acids is 1. The second-order valence-corrected chi connectivity index (χ2v) is 6.48. The number of aromatic nitrogens is 1. The molecule has 6 heteroatoms. The van der Waals surface area contributed by atoms with Crippen molar-refractivity contribution in [2.75, 3.05) is 6.61 Å². The van der Waals surface area contributed by atoms with Crippen molar-refractivity contribution in [2.24, 2.45) is 5.92 Å². The fourth-order valence-corrected chi connectivity index (χ4v) is 3.24. The van der Waals surface area contributed by atoms with Crippen LogP contribution in [0.5, 0.6) is 0 Å². The zero-order chi connectivity index (χ0) is 14.7. The maximum atomic E-state index is 12.0. The molecule has 0 saturated heterocycles. The Labute approximate surface area is 130 Å². The predicted molar refractivity (Wildman–Crippen MR) is 82.0 cm³/mol. The highest BCUT2D eigenvalue weighted by Crippen LogP contribution is 2.34. The largest absolute Gasteiger partial charge is 0.460 e. The van der Waals surface area contributed by atoms with Crippen LogP contribution >= 0.6 is 27.3 Å². The van der Waals surface area contributed by atoms with Crippen LogP contribution in [0, 0.1) is 5.92 Å². The van der Waals surface area contributed by atoms with Gasteiger partial charge in [-0.15, -0.1) is 11.3 Å². The Balaban J connectivity index is 2.41. The molecule has 0 atom stereocenters. The maximum Gasteiger partial charge on any atom is 0.376 e. The van der Waals surface area contributed by atoms with Crippen molar-refractivity contribution in [3.05, 3.63) is 27.4 Å². The third kappa shape index (κ3) is 3.30. The summed E-state index contributed by atoms with van der Waals surface area (Å²) in [5, 5.41) is 1.94. The van der Waals surface area contributed by atoms with Crippen molar-refractivity contribution < 1.29 is 13.9 Å². The quantitative estimate of drug-likeness (QED) is 0.737. The topological polar surface area (TPSA) is 52.3 Å². The molecule has 0 spiro atoms. The Morgan fingerprint density at radius 2 is 2.30 bits per heavy atom. The van der Waals surface area contributed by atoms with Gasteiger partial charge < -0.3 is 9.15 Å². The Bertz CT molecular complexity index is 603. The smallest absolute Gasteiger partial charge is 0.376 e. The van der Waals surface area contributed by atoms with Crippen LogP contribution < -0.4 is 0 Å². The van der Waals surface area contributed by atoms with Crippen molar-refractivity contribution in [1.82, 2.24) is 4.98 Å². The first-order valence-corrected chi connectivity index (χ1v) is 8.10. The Hall–Kier alpha value is -1.14. The molecule has 2 heterocycles. The van der Waals surface area contributed by atoms with E-state index in [0.717, 1.165) is 9.35 Å². The molecule has 20 heavy (non-hydrogen) atoms. The minimum Gasteiger partial charge on any atom is -0.460 e. The lowest BCUT2D eigenvalue weighted by Gasteiger charge is -2.02. The van der Waals surface area contributed by atoms with Crippen LogP contribution in [-0.2, 0) is 11.2 Å². The van der Waals surface area contributed by atoms with Gasteiger partial charge in [-0.2, -0.15) is 0 Å². The van der Waals surface area contributed by atoms with E-state index in [2.05, 4.69) is 34.8 Å². The monoisotopic (exact) mass is 357 g/mol. The van der Waals surface area contributed by atoms with Crippen LogP contribution in [0.4, 0.5) is 0 Å². The van der Waals surface area contributed by atoms with Gasteiger partial charge in [0.15, 0.2) is 0 Å². The summed E-state index contributed by atoms with van der Waals surface area (Å²) in [6, 6.07) is 1.93. The number of carbonyl (C=O) groups is 1. The lowest BCUT2D eigenvalue weighted by Crippen LogP contribution is -2.08. The van der Waals surface area contributed by atoms with Crippen LogP contribution in [0.15, 0.2) is 20.3 Å². The van der Waals surface area contributed by atoms with Gasteiger partial charge in [0, 0.05) is 4.47 Å². The lowest BCUT2D eigenvalue weighted by molar-refractivity contribution is 0.0489. The zero-order valence-electron chi connectivity index (χ0n) is 11.6. The van der Waals surface area contributed by atoms with Crippen molar-refractivity contribution in [3.63, 3.8) is 0 Å². The minimum atomic E-state index is -0.449. The van der Waals surface area contributed by atoms with Crippen molar-refractivity contribution in [1.29, 1.82) is 0 Å². The summed E-state index contributed by atoms with van der Waals surface area (Å²) in [5.41, 5.74) is 0.661. The van der Waals surface area contributed by atoms with Gasteiger partial charge in [0.1, 0.15) is 4.88 Å². The van der Waals surface area contributed by atoms with Gasteiger partial charge in [0.2, 0.25) is 11.7 Å². The SMILES string of the molecule is CCOC(=O)c1oc(-c2sccc2Br)nc1CC(C)C. The standard InChI is InChI=1S/C14H16BrNO3S/c1-4-18-14(17)11-10(7-8(2)3)16-13(19-11)12-9(15)5-6-20-12/h5-6,8H,4,7H2,1-3H3. The number of rotatable bonds is 5. The summed E-state index contributed by atoms with van der Waals surface area (Å²) in [6.07, 6.45) is 0.681. The van der Waals surface area contributed by atoms with E-state index >= 15 is 0 Å². The molecule has 0 aliphatic rings. The number of hydrogen-bond donors (Lipinski definition) is 0. The van der Waals surface area contributed by atoms with Gasteiger partial charge in [-0.25, -0.2) is 9.78 Å². The number of halogens is 1. The second-order valence-electron chi connectivity index (χ2n) is 4.71. The number of nitrogens with zero attached hydrogens (tertiary/aromatic N) is 1. The molecule has 0 unspecified atom stereocenters. The average molecular weight is 358 g/mol. The summed E-state index contributed by atoms with van der Waals surface area (Å²) < 4.78 is 11.6. The van der Waals surface area contributed by atoms with E-state index in [4.69, 9.17) is 9.15 Å². The number of ether oxygens (including phenoxy) is 1. The summed E-state index contributed by atoms with van der Waals surface area (Å²) in [6.45, 7) is 6.24. The van der Waals surface area contributed by atoms with Crippen LogP contribution in [0.1, 0.15) is 37.0 Å². The van der Waals surface area contributed by atoms with Crippen molar-refractivity contribution in [3.8, 4) is 10.8 Å². The normalized spacial score (nSPS) is 11.1. The van der Waals surface area contributed by atoms with E-state index in [1.54, 1.807) is 6.92 Å². The zero-order valence-corrected chi connectivity index (χ0v) is 14.0. The molecule has 4 nitrogen and oxygen atoms in total. The van der Waals surface area contributed by atoms with E-state index in [-0.39, 0.29) is 5.76 Å². The predicted octanol–water partition coefficient (Wildman–Crippen LogP) is 4.54. The summed E-state index contributed by atoms with van der Waals surface area (Å²) in [4.78, 5) is 17.3. The highest BCUT2D eigenvalue weighted by molar-refractivity contribution is 9.10. The fraction of sp³-hybridized carbons (Fsp3) is 0.429. The molecule has 0 bridgehead atoms. The molecule has 0 aromatic carbocycles. The van der Waals surface area contributed by atoms with E-state index in [9.17, 15) is 4.79 Å². The van der Waals surface area contributed by atoms with E-state index in [0.29, 0.717) is 30.5 Å². The van der Waals surface area contributed by atoms with Gasteiger partial charge in [0.25, 0.3) is 0 Å². The van der Waals surface area contributed by atoms with Crippen LogP contribution in [-0.4, -0.2) is 17.6 Å². The first-order chi connectivity index (χ1) is 9.52. The molecule has 0 aliphatic heterocycles. The average Bonchev–Trinajstić information content (AvgIpc) is 2.95. The molecule has 0 radical (unpaired) electrons. The molecule has 2 aromatic rings. The molecule has 2 aromatic heterocycles. The van der Waals surface area contributed by atoms with Crippen LogP contribution in [0.25, 0.3) is 10.8 Å². The third-order valence-corrected chi connectivity index (χ3v) is 4.40. The second kappa shape index (κ2) is 6.54. The Morgan fingerprint density at radius 3 is 2.85 bits per heavy atom. The Morgan fingerprint density at radius 1 is 1.55 bits per heavy atom. The van der Waals surface area contributed by atoms with E-state index in [1.165, 1.54) is 11.3 Å². The van der Waals surface area contributed by atoms with Crippen molar-refractivity contribution >= 4 is 33.2 Å². The van der Waals surface area contributed by atoms with Gasteiger partial charge in [0.05, 0.1) is 12.3 Å². The van der Waals surface area contributed by atoms with Gasteiger partial charge in [-0.05, 0) is 46.6 Å². The highest BCUT2D eigenvalue weighted by Gasteiger charge is 2.24. The number of esters is 1. The first-order valence-electron chi connectivity index (χ1n) is 6.43. The molecule has 2 rings (SSSR count). The molecule has 0 saturated carbocycles. The van der Waals surface area contributed by atoms with Gasteiger partial charge in [-0.1, -0.05) is 13.8 Å². The van der Waals surface area contributed by atoms with E-state index in [1.807, 2.05) is 11.4 Å². The summed E-state index contributed by atoms with van der Waals surface area (Å²) in [7, 11) is 0. The molecule has 0 fully saturated rings. The van der Waals surface area contributed by atoms with Gasteiger partial charge in [-0.3, -0.25) is 0 Å². The van der Waals surface area contributed by atoms with Gasteiger partial charge >= 0.3 is 5.97 Å². The van der Waals surface area contributed by atoms with Crippen LogP contribution in [0.2, 0.25) is 0 Å². The first kappa shape index (κ1) is 15.3. The van der Waals surface area contributed by atoms with Crippen LogP contribution in [0.3, 0.4) is 0 Å². The number of oxazole rings is 1.